The molecule has 0 radical (unpaired) electrons. The van der Waals surface area contributed by atoms with Gasteiger partial charge in [-0.3, -0.25) is 4.79 Å². The molecular weight excluding hydrogens is 311 g/mol. The van der Waals surface area contributed by atoms with Crippen molar-refractivity contribution in [3.8, 4) is 5.75 Å². The third kappa shape index (κ3) is 3.90. The minimum Gasteiger partial charge on any atom is -0.494 e. The average Bonchev–Trinajstić information content (AvgIpc) is 3.16. The van der Waals surface area contributed by atoms with Crippen LogP contribution in [0.1, 0.15) is 43.9 Å². The first-order valence-electron chi connectivity index (χ1n) is 8.23. The van der Waals surface area contributed by atoms with Crippen LogP contribution >= 0.6 is 0 Å². The Morgan fingerprint density at radius 1 is 1.38 bits per heavy atom. The maximum absolute atomic E-state index is 12.8. The zero-order chi connectivity index (χ0) is 16.9. The van der Waals surface area contributed by atoms with Crippen LogP contribution in [-0.2, 0) is 17.8 Å². The zero-order valence-electron chi connectivity index (χ0n) is 13.7. The highest BCUT2D eigenvalue weighted by Gasteiger charge is 2.22. The topological polar surface area (TPSA) is 69.0 Å². The quantitative estimate of drug-likeness (QED) is 0.791. The fourth-order valence-corrected chi connectivity index (χ4v) is 2.83. The van der Waals surface area contributed by atoms with E-state index in [4.69, 9.17) is 4.74 Å². The van der Waals surface area contributed by atoms with Crippen molar-refractivity contribution in [1.29, 1.82) is 0 Å². The first kappa shape index (κ1) is 16.4. The Labute approximate surface area is 140 Å². The number of hydrogen-bond acceptors (Lipinski definition) is 4. The van der Waals surface area contributed by atoms with Gasteiger partial charge in [-0.15, -0.1) is 10.2 Å². The van der Waals surface area contributed by atoms with E-state index in [1.54, 1.807) is 12.1 Å². The number of carbonyl (C=O) groups excluding carboxylic acids is 1. The molecule has 6 nitrogen and oxygen atoms in total. The SMILES string of the molecule is C[C@@H](NC(=O)CCCOc1ccc(F)cc1)c1nnc2n1CCC2. The van der Waals surface area contributed by atoms with Gasteiger partial charge >= 0.3 is 0 Å². The third-order valence-corrected chi connectivity index (χ3v) is 4.03. The lowest BCUT2D eigenvalue weighted by Gasteiger charge is -2.14. The van der Waals surface area contributed by atoms with Crippen molar-refractivity contribution in [3.63, 3.8) is 0 Å². The standard InChI is InChI=1S/C17H21FN4O2/c1-12(17-21-20-15-4-2-10-22(15)17)19-16(23)5-3-11-24-14-8-6-13(18)7-9-14/h6-9,12H,2-5,10-11H2,1H3,(H,19,23)/t12-/m1/s1. The predicted molar refractivity (Wildman–Crippen MR) is 86.0 cm³/mol. The van der Waals surface area contributed by atoms with Crippen molar-refractivity contribution in [2.24, 2.45) is 0 Å². The number of ether oxygens (including phenoxy) is 1. The first-order valence-corrected chi connectivity index (χ1v) is 8.23. The highest BCUT2D eigenvalue weighted by molar-refractivity contribution is 5.76. The molecule has 1 aliphatic rings. The summed E-state index contributed by atoms with van der Waals surface area (Å²) in [4.78, 5) is 12.0. The molecule has 1 aliphatic heterocycles. The van der Waals surface area contributed by atoms with Crippen LogP contribution < -0.4 is 10.1 Å². The molecule has 0 fully saturated rings. The molecule has 1 aromatic carbocycles. The highest BCUT2D eigenvalue weighted by atomic mass is 19.1. The molecule has 0 spiro atoms. The fourth-order valence-electron chi connectivity index (χ4n) is 2.83. The number of hydrogen-bond donors (Lipinski definition) is 1. The zero-order valence-corrected chi connectivity index (χ0v) is 13.7. The van der Waals surface area contributed by atoms with E-state index in [-0.39, 0.29) is 17.8 Å². The summed E-state index contributed by atoms with van der Waals surface area (Å²) in [6.45, 7) is 3.25. The minimum atomic E-state index is -0.296. The Balaban J connectivity index is 1.40. The second-order valence-electron chi connectivity index (χ2n) is 5.92. The summed E-state index contributed by atoms with van der Waals surface area (Å²) in [6.07, 6.45) is 2.99. The van der Waals surface area contributed by atoms with E-state index in [2.05, 4.69) is 20.1 Å². The van der Waals surface area contributed by atoms with E-state index in [0.29, 0.717) is 25.2 Å². The average molecular weight is 332 g/mol. The van der Waals surface area contributed by atoms with Gasteiger partial charge in [-0.05, 0) is 44.0 Å². The molecule has 2 heterocycles. The molecule has 24 heavy (non-hydrogen) atoms. The van der Waals surface area contributed by atoms with Gasteiger partial charge in [0, 0.05) is 19.4 Å². The van der Waals surface area contributed by atoms with Gasteiger partial charge in [0.1, 0.15) is 17.4 Å². The van der Waals surface area contributed by atoms with E-state index in [9.17, 15) is 9.18 Å². The molecule has 0 bridgehead atoms. The van der Waals surface area contributed by atoms with Gasteiger partial charge in [-0.1, -0.05) is 0 Å². The number of nitrogens with one attached hydrogen (secondary N) is 1. The second-order valence-corrected chi connectivity index (χ2v) is 5.92. The van der Waals surface area contributed by atoms with Crippen LogP contribution in [0.4, 0.5) is 4.39 Å². The number of rotatable bonds is 7. The lowest BCUT2D eigenvalue weighted by molar-refractivity contribution is -0.122. The molecule has 1 amide bonds. The summed E-state index contributed by atoms with van der Waals surface area (Å²) in [6, 6.07) is 5.68. The Hall–Kier alpha value is -2.44. The molecule has 0 unspecified atom stereocenters. The maximum Gasteiger partial charge on any atom is 0.220 e. The monoisotopic (exact) mass is 332 g/mol. The highest BCUT2D eigenvalue weighted by Crippen LogP contribution is 2.19. The molecule has 0 saturated carbocycles. The molecule has 3 rings (SSSR count). The smallest absolute Gasteiger partial charge is 0.220 e. The van der Waals surface area contributed by atoms with Crippen molar-refractivity contribution in [1.82, 2.24) is 20.1 Å². The summed E-state index contributed by atoms with van der Waals surface area (Å²) < 4.78 is 20.3. The van der Waals surface area contributed by atoms with Crippen LogP contribution in [-0.4, -0.2) is 27.3 Å². The van der Waals surface area contributed by atoms with Gasteiger partial charge in [0.25, 0.3) is 0 Å². The van der Waals surface area contributed by atoms with Crippen LogP contribution in [0.5, 0.6) is 5.75 Å². The largest absolute Gasteiger partial charge is 0.494 e. The van der Waals surface area contributed by atoms with Crippen molar-refractivity contribution < 1.29 is 13.9 Å². The maximum atomic E-state index is 12.8. The van der Waals surface area contributed by atoms with Crippen LogP contribution in [0, 0.1) is 5.82 Å². The Bertz CT molecular complexity index is 699. The van der Waals surface area contributed by atoms with Gasteiger partial charge in [0.05, 0.1) is 12.6 Å². The molecule has 0 aliphatic carbocycles. The predicted octanol–water partition coefficient (Wildman–Crippen LogP) is 2.40. The van der Waals surface area contributed by atoms with Crippen molar-refractivity contribution >= 4 is 5.91 Å². The molecule has 7 heteroatoms. The van der Waals surface area contributed by atoms with E-state index in [0.717, 1.165) is 31.0 Å². The summed E-state index contributed by atoms with van der Waals surface area (Å²) in [5, 5.41) is 11.3. The molecule has 1 aromatic heterocycles. The van der Waals surface area contributed by atoms with Crippen LogP contribution in [0.2, 0.25) is 0 Å². The van der Waals surface area contributed by atoms with Crippen LogP contribution in [0.15, 0.2) is 24.3 Å². The molecule has 128 valence electrons. The summed E-state index contributed by atoms with van der Waals surface area (Å²) in [5.74, 6) is 2.08. The number of aromatic nitrogens is 3. The summed E-state index contributed by atoms with van der Waals surface area (Å²) in [7, 11) is 0. The van der Waals surface area contributed by atoms with Gasteiger partial charge in [-0.25, -0.2) is 4.39 Å². The first-order chi connectivity index (χ1) is 11.6. The van der Waals surface area contributed by atoms with E-state index in [1.807, 2.05) is 6.92 Å². The summed E-state index contributed by atoms with van der Waals surface area (Å²) >= 11 is 0. The van der Waals surface area contributed by atoms with Crippen molar-refractivity contribution in [2.75, 3.05) is 6.61 Å². The number of benzene rings is 1. The molecular formula is C17H21FN4O2. The lowest BCUT2D eigenvalue weighted by atomic mass is 10.2. The van der Waals surface area contributed by atoms with Crippen molar-refractivity contribution in [2.45, 2.75) is 45.2 Å². The molecule has 0 saturated heterocycles. The summed E-state index contributed by atoms with van der Waals surface area (Å²) in [5.41, 5.74) is 0. The Kier molecular flexibility index (Phi) is 5.08. The molecule has 2 aromatic rings. The van der Waals surface area contributed by atoms with Gasteiger partial charge < -0.3 is 14.6 Å². The Morgan fingerprint density at radius 2 is 2.17 bits per heavy atom. The number of fused-ring (bicyclic) bond motifs is 1. The van der Waals surface area contributed by atoms with Gasteiger partial charge in [-0.2, -0.15) is 0 Å². The number of halogens is 1. The normalized spacial score (nSPS) is 14.2. The second kappa shape index (κ2) is 7.42. The van der Waals surface area contributed by atoms with Crippen LogP contribution in [0.25, 0.3) is 0 Å². The number of aryl methyl sites for hydroxylation is 1. The number of carbonyl (C=O) groups is 1. The van der Waals surface area contributed by atoms with E-state index >= 15 is 0 Å². The Morgan fingerprint density at radius 3 is 2.96 bits per heavy atom. The number of amides is 1. The molecule has 1 atom stereocenters. The fraction of sp³-hybridized carbons (Fsp3) is 0.471. The lowest BCUT2D eigenvalue weighted by Crippen LogP contribution is -2.28. The minimum absolute atomic E-state index is 0.0412. The van der Waals surface area contributed by atoms with Crippen molar-refractivity contribution in [3.05, 3.63) is 41.7 Å². The van der Waals surface area contributed by atoms with E-state index < -0.39 is 0 Å². The van der Waals surface area contributed by atoms with Gasteiger partial charge in [0.2, 0.25) is 5.91 Å². The third-order valence-electron chi connectivity index (χ3n) is 4.03. The van der Waals surface area contributed by atoms with Gasteiger partial charge in [0.15, 0.2) is 5.82 Å². The van der Waals surface area contributed by atoms with E-state index in [1.165, 1.54) is 12.1 Å². The van der Waals surface area contributed by atoms with Crippen LogP contribution in [0.3, 0.4) is 0 Å². The number of nitrogens with zero attached hydrogens (tertiary/aromatic N) is 3. The molecule has 1 N–H and O–H groups in total.